The molecule has 4 heteroatoms. The lowest BCUT2D eigenvalue weighted by molar-refractivity contribution is -0.120. The van der Waals surface area contributed by atoms with Crippen LogP contribution in [0.5, 0.6) is 0 Å². The van der Waals surface area contributed by atoms with Crippen LogP contribution in [0.15, 0.2) is 30.3 Å². The summed E-state index contributed by atoms with van der Waals surface area (Å²) in [5.74, 6) is 0.177. The van der Waals surface area contributed by atoms with Gasteiger partial charge in [-0.25, -0.2) is 0 Å². The number of hydrogen-bond acceptors (Lipinski definition) is 4. The number of ketones is 1. The molecule has 1 saturated heterocycles. The summed E-state index contributed by atoms with van der Waals surface area (Å²) in [4.78, 5) is 13.9. The number of Topliss-reactive ketones (excluding diaryl/α,β-unsaturated/α-hetero) is 1. The molecule has 0 aliphatic carbocycles. The molecule has 0 bridgehead atoms. The zero-order valence-electron chi connectivity index (χ0n) is 13.3. The van der Waals surface area contributed by atoms with Crippen molar-refractivity contribution in [2.45, 2.75) is 57.2 Å². The van der Waals surface area contributed by atoms with Crippen LogP contribution in [-0.2, 0) is 11.2 Å². The number of aliphatic hydroxyl groups is 2. The van der Waals surface area contributed by atoms with Gasteiger partial charge in [0.1, 0.15) is 5.78 Å². The highest BCUT2D eigenvalue weighted by Crippen LogP contribution is 2.27. The standard InChI is InChI=1S/C18H27NO3/c1-2-16(21)12-17-18(22)11-15(13-20)19(17)10-6-9-14-7-4-3-5-8-14/h3-5,7-8,15,17-18,20,22H,2,6,9-13H2,1H3/t15-,17+,18-/m0/s1. The Kier molecular flexibility index (Phi) is 6.55. The van der Waals surface area contributed by atoms with Crippen LogP contribution in [0.25, 0.3) is 0 Å². The minimum absolute atomic E-state index is 0.0274. The van der Waals surface area contributed by atoms with Gasteiger partial charge in [-0.1, -0.05) is 37.3 Å². The van der Waals surface area contributed by atoms with Crippen LogP contribution < -0.4 is 0 Å². The summed E-state index contributed by atoms with van der Waals surface area (Å²) >= 11 is 0. The third kappa shape index (κ3) is 4.38. The van der Waals surface area contributed by atoms with E-state index in [9.17, 15) is 15.0 Å². The van der Waals surface area contributed by atoms with E-state index in [2.05, 4.69) is 17.0 Å². The van der Waals surface area contributed by atoms with Gasteiger partial charge in [0.25, 0.3) is 0 Å². The van der Waals surface area contributed by atoms with Crippen molar-refractivity contribution in [2.24, 2.45) is 0 Å². The second kappa shape index (κ2) is 8.42. The molecule has 0 radical (unpaired) electrons. The highest BCUT2D eigenvalue weighted by Gasteiger charge is 2.40. The Hall–Kier alpha value is -1.23. The van der Waals surface area contributed by atoms with E-state index in [1.165, 1.54) is 5.56 Å². The van der Waals surface area contributed by atoms with E-state index in [1.807, 2.05) is 25.1 Å². The number of rotatable bonds is 8. The SMILES string of the molecule is CCC(=O)C[C@@H]1[C@@H](O)C[C@@H](CO)N1CCCc1ccccc1. The first kappa shape index (κ1) is 17.1. The summed E-state index contributed by atoms with van der Waals surface area (Å²) in [6.07, 6.45) is 2.88. The van der Waals surface area contributed by atoms with Gasteiger partial charge in [0, 0.05) is 24.9 Å². The Morgan fingerprint density at radius 3 is 2.68 bits per heavy atom. The second-order valence-electron chi connectivity index (χ2n) is 6.13. The van der Waals surface area contributed by atoms with E-state index in [0.29, 0.717) is 19.3 Å². The van der Waals surface area contributed by atoms with Gasteiger partial charge < -0.3 is 10.2 Å². The van der Waals surface area contributed by atoms with Crippen molar-refractivity contribution in [3.8, 4) is 0 Å². The zero-order chi connectivity index (χ0) is 15.9. The average Bonchev–Trinajstić information content (AvgIpc) is 2.84. The van der Waals surface area contributed by atoms with Crippen LogP contribution in [-0.4, -0.2) is 52.2 Å². The molecule has 2 rings (SSSR count). The third-order valence-corrected chi connectivity index (χ3v) is 4.62. The van der Waals surface area contributed by atoms with E-state index < -0.39 is 6.10 Å². The van der Waals surface area contributed by atoms with E-state index in [-0.39, 0.29) is 24.5 Å². The predicted octanol–water partition coefficient (Wildman–Crippen LogP) is 1.78. The summed E-state index contributed by atoms with van der Waals surface area (Å²) in [6.45, 7) is 2.70. The maximum Gasteiger partial charge on any atom is 0.134 e. The van der Waals surface area contributed by atoms with E-state index in [0.717, 1.165) is 19.4 Å². The summed E-state index contributed by atoms with van der Waals surface area (Å²) in [7, 11) is 0. The summed E-state index contributed by atoms with van der Waals surface area (Å²) in [5, 5.41) is 19.8. The van der Waals surface area contributed by atoms with Gasteiger partial charge >= 0.3 is 0 Å². The predicted molar refractivity (Wildman–Crippen MR) is 86.7 cm³/mol. The maximum absolute atomic E-state index is 11.7. The van der Waals surface area contributed by atoms with Crippen molar-refractivity contribution in [3.05, 3.63) is 35.9 Å². The normalized spacial score (nSPS) is 25.5. The molecular weight excluding hydrogens is 278 g/mol. The Morgan fingerprint density at radius 1 is 1.32 bits per heavy atom. The van der Waals surface area contributed by atoms with E-state index in [1.54, 1.807) is 0 Å². The molecule has 2 N–H and O–H groups in total. The molecule has 0 saturated carbocycles. The largest absolute Gasteiger partial charge is 0.395 e. The molecule has 0 spiro atoms. The lowest BCUT2D eigenvalue weighted by atomic mass is 10.0. The molecular formula is C18H27NO3. The van der Waals surface area contributed by atoms with Crippen LogP contribution in [0, 0.1) is 0 Å². The van der Waals surface area contributed by atoms with Gasteiger partial charge in [-0.05, 0) is 31.4 Å². The molecule has 4 nitrogen and oxygen atoms in total. The number of carbonyl (C=O) groups excluding carboxylic acids is 1. The van der Waals surface area contributed by atoms with Crippen LogP contribution >= 0.6 is 0 Å². The molecule has 3 atom stereocenters. The van der Waals surface area contributed by atoms with Gasteiger partial charge in [0.15, 0.2) is 0 Å². The van der Waals surface area contributed by atoms with Gasteiger partial charge in [0.05, 0.1) is 12.7 Å². The molecule has 1 heterocycles. The fourth-order valence-electron chi connectivity index (χ4n) is 3.33. The minimum atomic E-state index is -0.510. The van der Waals surface area contributed by atoms with Crippen LogP contribution in [0.2, 0.25) is 0 Å². The highest BCUT2D eigenvalue weighted by atomic mass is 16.3. The second-order valence-corrected chi connectivity index (χ2v) is 6.13. The maximum atomic E-state index is 11.7. The van der Waals surface area contributed by atoms with Crippen molar-refractivity contribution >= 4 is 5.78 Å². The monoisotopic (exact) mass is 305 g/mol. The molecule has 1 aliphatic rings. The van der Waals surface area contributed by atoms with Crippen molar-refractivity contribution in [1.82, 2.24) is 4.90 Å². The first-order chi connectivity index (χ1) is 10.7. The van der Waals surface area contributed by atoms with Crippen LogP contribution in [0.3, 0.4) is 0 Å². The average molecular weight is 305 g/mol. The number of nitrogens with zero attached hydrogens (tertiary/aromatic N) is 1. The molecule has 1 fully saturated rings. The van der Waals surface area contributed by atoms with Gasteiger partial charge in [-0.15, -0.1) is 0 Å². The lowest BCUT2D eigenvalue weighted by Crippen LogP contribution is -2.42. The van der Waals surface area contributed by atoms with Crippen LogP contribution in [0.4, 0.5) is 0 Å². The molecule has 1 aromatic carbocycles. The zero-order valence-corrected chi connectivity index (χ0v) is 13.3. The molecule has 1 aliphatic heterocycles. The number of aliphatic hydroxyl groups excluding tert-OH is 2. The minimum Gasteiger partial charge on any atom is -0.395 e. The molecule has 0 unspecified atom stereocenters. The van der Waals surface area contributed by atoms with Crippen molar-refractivity contribution in [3.63, 3.8) is 0 Å². The Balaban J connectivity index is 1.93. The van der Waals surface area contributed by atoms with Crippen molar-refractivity contribution in [2.75, 3.05) is 13.2 Å². The third-order valence-electron chi connectivity index (χ3n) is 4.62. The summed E-state index contributed by atoms with van der Waals surface area (Å²) < 4.78 is 0. The van der Waals surface area contributed by atoms with Gasteiger partial charge in [-0.3, -0.25) is 9.69 Å². The number of benzene rings is 1. The molecule has 0 amide bonds. The van der Waals surface area contributed by atoms with E-state index >= 15 is 0 Å². The Morgan fingerprint density at radius 2 is 2.05 bits per heavy atom. The number of likely N-dealkylation sites (tertiary alicyclic amines) is 1. The quantitative estimate of drug-likeness (QED) is 0.768. The lowest BCUT2D eigenvalue weighted by Gasteiger charge is -2.29. The van der Waals surface area contributed by atoms with E-state index in [4.69, 9.17) is 0 Å². The number of hydrogen-bond donors (Lipinski definition) is 2. The summed E-state index contributed by atoms with van der Waals surface area (Å²) in [6, 6.07) is 10.1. The van der Waals surface area contributed by atoms with Gasteiger partial charge in [0.2, 0.25) is 0 Å². The molecule has 0 aromatic heterocycles. The topological polar surface area (TPSA) is 60.8 Å². The van der Waals surface area contributed by atoms with Crippen molar-refractivity contribution in [1.29, 1.82) is 0 Å². The molecule has 22 heavy (non-hydrogen) atoms. The molecule has 1 aromatic rings. The fourth-order valence-corrected chi connectivity index (χ4v) is 3.33. The smallest absolute Gasteiger partial charge is 0.134 e. The fraction of sp³-hybridized carbons (Fsp3) is 0.611. The van der Waals surface area contributed by atoms with Gasteiger partial charge in [-0.2, -0.15) is 0 Å². The Labute approximate surface area is 132 Å². The van der Waals surface area contributed by atoms with Crippen molar-refractivity contribution < 1.29 is 15.0 Å². The molecule has 122 valence electrons. The van der Waals surface area contributed by atoms with Crippen LogP contribution in [0.1, 0.15) is 38.2 Å². The summed E-state index contributed by atoms with van der Waals surface area (Å²) in [5.41, 5.74) is 1.30. The number of aryl methyl sites for hydroxylation is 1. The Bertz CT molecular complexity index is 463. The first-order valence-electron chi connectivity index (χ1n) is 8.26. The number of carbonyl (C=O) groups is 1. The highest BCUT2D eigenvalue weighted by molar-refractivity contribution is 5.78. The first-order valence-corrected chi connectivity index (χ1v) is 8.26.